The van der Waals surface area contributed by atoms with Crippen molar-refractivity contribution in [1.29, 1.82) is 5.41 Å². The number of Topliss-reactive ketones (excluding diaryl/α,β-unsaturated/α-hetero) is 1. The zero-order valence-corrected chi connectivity index (χ0v) is 13.3. The van der Waals surface area contributed by atoms with Crippen molar-refractivity contribution in [3.05, 3.63) is 41.6 Å². The normalized spacial score (nSPS) is 12.0. The molecule has 0 bridgehead atoms. The Morgan fingerprint density at radius 3 is 2.50 bits per heavy atom. The van der Waals surface area contributed by atoms with Crippen molar-refractivity contribution in [1.82, 2.24) is 5.06 Å². The third-order valence-corrected chi connectivity index (χ3v) is 3.10. The van der Waals surface area contributed by atoms with E-state index in [1.54, 1.807) is 0 Å². The SMILES string of the molecule is CON(C)C(=O)C(=N)C(=O)/C(C)=C\[NH2+]c1cccc(C(F)(F)F)c1. The average Bonchev–Trinajstić information content (AvgIpc) is 2.56. The molecule has 0 aliphatic heterocycles. The number of benzene rings is 1. The van der Waals surface area contributed by atoms with Crippen LogP contribution in [0.1, 0.15) is 12.5 Å². The lowest BCUT2D eigenvalue weighted by atomic mass is 10.1. The molecule has 0 radical (unpaired) electrons. The third kappa shape index (κ3) is 5.00. The number of allylic oxidation sites excluding steroid dienone is 1. The quantitative estimate of drug-likeness (QED) is 0.269. The van der Waals surface area contributed by atoms with E-state index < -0.39 is 29.1 Å². The van der Waals surface area contributed by atoms with Crippen molar-refractivity contribution in [3.8, 4) is 0 Å². The molecule has 0 unspecified atom stereocenters. The smallest absolute Gasteiger partial charge is 0.292 e. The van der Waals surface area contributed by atoms with Crippen LogP contribution in [0, 0.1) is 5.41 Å². The van der Waals surface area contributed by atoms with Gasteiger partial charge in [-0.2, -0.15) is 13.2 Å². The molecule has 0 atom stereocenters. The molecule has 6 nitrogen and oxygen atoms in total. The van der Waals surface area contributed by atoms with E-state index in [4.69, 9.17) is 5.41 Å². The first kappa shape index (κ1) is 19.5. The molecule has 1 aromatic rings. The second-order valence-electron chi connectivity index (χ2n) is 4.83. The van der Waals surface area contributed by atoms with E-state index in [1.807, 2.05) is 0 Å². The van der Waals surface area contributed by atoms with Crippen LogP contribution in [0.3, 0.4) is 0 Å². The lowest BCUT2D eigenvalue weighted by molar-refractivity contribution is -0.497. The fourth-order valence-electron chi connectivity index (χ4n) is 1.65. The van der Waals surface area contributed by atoms with Gasteiger partial charge in [-0.3, -0.25) is 25.2 Å². The zero-order chi connectivity index (χ0) is 18.5. The highest BCUT2D eigenvalue weighted by Gasteiger charge is 2.31. The molecule has 1 amide bonds. The van der Waals surface area contributed by atoms with E-state index in [1.165, 1.54) is 44.7 Å². The molecular weight excluding hydrogens is 327 g/mol. The topological polar surface area (TPSA) is 87.1 Å². The molecule has 3 N–H and O–H groups in total. The maximum absolute atomic E-state index is 12.6. The molecule has 0 heterocycles. The second-order valence-corrected chi connectivity index (χ2v) is 4.83. The molecular formula is C15H17F3N3O3+. The van der Waals surface area contributed by atoms with Crippen molar-refractivity contribution in [2.75, 3.05) is 14.2 Å². The molecule has 130 valence electrons. The number of alkyl halides is 3. The van der Waals surface area contributed by atoms with Gasteiger partial charge in [0, 0.05) is 13.1 Å². The van der Waals surface area contributed by atoms with Crippen molar-refractivity contribution in [3.63, 3.8) is 0 Å². The minimum Gasteiger partial charge on any atom is -0.292 e. The van der Waals surface area contributed by atoms with Gasteiger partial charge < -0.3 is 0 Å². The first-order valence-corrected chi connectivity index (χ1v) is 6.72. The van der Waals surface area contributed by atoms with Gasteiger partial charge in [-0.1, -0.05) is 6.07 Å². The molecule has 0 saturated heterocycles. The standard InChI is InChI=1S/C15H16F3N3O3/c1-9(13(22)12(19)14(23)21(2)24-3)8-20-11-6-4-5-10(7-11)15(16,17)18/h4-8,19-20H,1-3H3/p+1/b9-8-,19-12?. The molecule has 0 fully saturated rings. The van der Waals surface area contributed by atoms with Crippen LogP contribution in [0.4, 0.5) is 18.9 Å². The van der Waals surface area contributed by atoms with Gasteiger partial charge in [0.25, 0.3) is 5.91 Å². The van der Waals surface area contributed by atoms with Crippen molar-refractivity contribution in [2.24, 2.45) is 0 Å². The summed E-state index contributed by atoms with van der Waals surface area (Å²) < 4.78 is 37.9. The number of hydroxylamine groups is 2. The number of carbonyl (C=O) groups excluding carboxylic acids is 2. The Morgan fingerprint density at radius 1 is 1.33 bits per heavy atom. The Hall–Kier alpha value is -2.52. The summed E-state index contributed by atoms with van der Waals surface area (Å²) in [7, 11) is 2.46. The van der Waals surface area contributed by atoms with Gasteiger partial charge in [0.15, 0.2) is 5.71 Å². The molecule has 1 aromatic carbocycles. The Labute approximate surface area is 136 Å². The van der Waals surface area contributed by atoms with E-state index in [2.05, 4.69) is 4.84 Å². The number of halogens is 3. The predicted molar refractivity (Wildman–Crippen MR) is 79.3 cm³/mol. The van der Waals surface area contributed by atoms with Gasteiger partial charge in [0.05, 0.1) is 18.2 Å². The second kappa shape index (κ2) is 7.84. The van der Waals surface area contributed by atoms with Crippen LogP contribution in [-0.2, 0) is 20.6 Å². The number of nitrogens with one attached hydrogen (secondary N) is 1. The average molecular weight is 344 g/mol. The Morgan fingerprint density at radius 2 is 1.96 bits per heavy atom. The summed E-state index contributed by atoms with van der Waals surface area (Å²) in [5.41, 5.74) is -1.33. The van der Waals surface area contributed by atoms with Gasteiger partial charge >= 0.3 is 6.18 Å². The number of amides is 1. The van der Waals surface area contributed by atoms with Crippen molar-refractivity contribution < 1.29 is 32.9 Å². The molecule has 0 aliphatic rings. The van der Waals surface area contributed by atoms with E-state index in [0.29, 0.717) is 0 Å². The van der Waals surface area contributed by atoms with Crippen LogP contribution in [0.5, 0.6) is 0 Å². The molecule has 0 aliphatic carbocycles. The summed E-state index contributed by atoms with van der Waals surface area (Å²) in [5.74, 6) is -1.76. The number of rotatable bonds is 6. The first-order valence-electron chi connectivity index (χ1n) is 6.72. The number of ketones is 1. The van der Waals surface area contributed by atoms with Crippen LogP contribution in [0.15, 0.2) is 36.0 Å². The minimum absolute atomic E-state index is 0.0373. The van der Waals surface area contributed by atoms with E-state index >= 15 is 0 Å². The van der Waals surface area contributed by atoms with Crippen LogP contribution >= 0.6 is 0 Å². The van der Waals surface area contributed by atoms with Crippen molar-refractivity contribution in [2.45, 2.75) is 13.1 Å². The van der Waals surface area contributed by atoms with Crippen LogP contribution in [0.25, 0.3) is 0 Å². The monoisotopic (exact) mass is 344 g/mol. The van der Waals surface area contributed by atoms with Crippen LogP contribution < -0.4 is 5.32 Å². The summed E-state index contributed by atoms with van der Waals surface area (Å²) in [5, 5.41) is 9.57. The molecule has 1 rings (SSSR count). The van der Waals surface area contributed by atoms with Gasteiger partial charge in [-0.05, 0) is 19.1 Å². The highest BCUT2D eigenvalue weighted by atomic mass is 19.4. The fourth-order valence-corrected chi connectivity index (χ4v) is 1.65. The lowest BCUT2D eigenvalue weighted by Crippen LogP contribution is -2.71. The molecule has 9 heteroatoms. The summed E-state index contributed by atoms with van der Waals surface area (Å²) in [4.78, 5) is 28.2. The first-order chi connectivity index (χ1) is 11.1. The highest BCUT2D eigenvalue weighted by molar-refractivity contribution is 6.67. The van der Waals surface area contributed by atoms with Gasteiger partial charge in [-0.15, -0.1) is 0 Å². The van der Waals surface area contributed by atoms with E-state index in [0.717, 1.165) is 17.2 Å². The largest absolute Gasteiger partial charge is 0.416 e. The molecule has 0 saturated carbocycles. The predicted octanol–water partition coefficient (Wildman–Crippen LogP) is 1.41. The lowest BCUT2D eigenvalue weighted by Gasteiger charge is -2.13. The number of quaternary nitrogens is 1. The fraction of sp³-hybridized carbons (Fsp3) is 0.267. The van der Waals surface area contributed by atoms with Gasteiger partial charge in [0.2, 0.25) is 5.78 Å². The Balaban J connectivity index is 2.86. The summed E-state index contributed by atoms with van der Waals surface area (Å²) in [6.45, 7) is 1.36. The molecule has 24 heavy (non-hydrogen) atoms. The zero-order valence-electron chi connectivity index (χ0n) is 13.3. The van der Waals surface area contributed by atoms with E-state index in [9.17, 15) is 22.8 Å². The van der Waals surface area contributed by atoms with Crippen molar-refractivity contribution >= 4 is 23.1 Å². The van der Waals surface area contributed by atoms with Crippen LogP contribution in [0.2, 0.25) is 0 Å². The highest BCUT2D eigenvalue weighted by Crippen LogP contribution is 2.29. The summed E-state index contributed by atoms with van der Waals surface area (Å²) >= 11 is 0. The summed E-state index contributed by atoms with van der Waals surface area (Å²) in [6, 6.07) is 4.56. The minimum atomic E-state index is -4.46. The number of carbonyl (C=O) groups is 2. The third-order valence-electron chi connectivity index (χ3n) is 3.10. The Kier molecular flexibility index (Phi) is 6.38. The maximum Gasteiger partial charge on any atom is 0.416 e. The van der Waals surface area contributed by atoms with Crippen LogP contribution in [-0.4, -0.2) is 36.6 Å². The van der Waals surface area contributed by atoms with Gasteiger partial charge in [-0.25, -0.2) is 5.06 Å². The number of hydrogen-bond acceptors (Lipinski definition) is 4. The number of nitrogens with zero attached hydrogens (tertiary/aromatic N) is 1. The number of hydrogen-bond donors (Lipinski definition) is 2. The Bertz CT molecular complexity index is 684. The van der Waals surface area contributed by atoms with Gasteiger partial charge in [0.1, 0.15) is 11.9 Å². The summed E-state index contributed by atoms with van der Waals surface area (Å²) in [6.07, 6.45) is -3.20. The van der Waals surface area contributed by atoms with E-state index in [-0.39, 0.29) is 11.3 Å². The maximum atomic E-state index is 12.6. The number of nitrogens with two attached hydrogens (primary N) is 1. The molecule has 0 aromatic heterocycles. The molecule has 0 spiro atoms.